The second-order valence-electron chi connectivity index (χ2n) is 5.62. The Morgan fingerprint density at radius 2 is 1.81 bits per heavy atom. The Kier molecular flexibility index (Phi) is 5.67. The number of carbonyl (C=O) groups excluding carboxylic acids is 1. The third kappa shape index (κ3) is 4.24. The summed E-state index contributed by atoms with van der Waals surface area (Å²) in [4.78, 5) is 14.4. The van der Waals surface area contributed by atoms with Crippen LogP contribution >= 0.6 is 0 Å². The molecule has 0 aromatic heterocycles. The molecule has 1 fully saturated rings. The van der Waals surface area contributed by atoms with Crippen LogP contribution in [0.1, 0.15) is 31.2 Å². The van der Waals surface area contributed by atoms with E-state index in [0.29, 0.717) is 12.0 Å². The topological polar surface area (TPSA) is 46.3 Å². The van der Waals surface area contributed by atoms with Gasteiger partial charge in [-0.05, 0) is 37.0 Å². The average Bonchev–Trinajstić information content (AvgIpc) is 2.77. The van der Waals surface area contributed by atoms with Crippen LogP contribution in [0.4, 0.5) is 8.78 Å². The molecule has 1 aliphatic heterocycles. The molecule has 0 bridgehead atoms. The Bertz CT molecular complexity index is 485. The fourth-order valence-corrected chi connectivity index (χ4v) is 2.77. The lowest BCUT2D eigenvalue weighted by molar-refractivity contribution is -0.135. The molecule has 1 amide bonds. The average molecular weight is 296 g/mol. The van der Waals surface area contributed by atoms with Gasteiger partial charge >= 0.3 is 0 Å². The molecule has 1 aromatic rings. The van der Waals surface area contributed by atoms with Gasteiger partial charge in [-0.25, -0.2) is 8.78 Å². The lowest BCUT2D eigenvalue weighted by Gasteiger charge is -2.25. The molecule has 0 spiro atoms. The van der Waals surface area contributed by atoms with Crippen LogP contribution in [0.2, 0.25) is 0 Å². The van der Waals surface area contributed by atoms with Crippen LogP contribution in [0.5, 0.6) is 0 Å². The number of hydrogen-bond donors (Lipinski definition) is 1. The highest BCUT2D eigenvalue weighted by molar-refractivity contribution is 5.79. The quantitative estimate of drug-likeness (QED) is 0.928. The summed E-state index contributed by atoms with van der Waals surface area (Å²) in [5.74, 6) is -2.09. The van der Waals surface area contributed by atoms with Crippen molar-refractivity contribution in [2.75, 3.05) is 19.6 Å². The fraction of sp³-hybridized carbons (Fsp3) is 0.562. The van der Waals surface area contributed by atoms with Gasteiger partial charge in [-0.2, -0.15) is 0 Å². The molecule has 2 rings (SSSR count). The number of amides is 1. The van der Waals surface area contributed by atoms with Crippen LogP contribution in [0.25, 0.3) is 0 Å². The van der Waals surface area contributed by atoms with Gasteiger partial charge in [-0.3, -0.25) is 4.79 Å². The molecule has 1 unspecified atom stereocenters. The molecule has 1 saturated heterocycles. The number of carbonyl (C=O) groups is 1. The van der Waals surface area contributed by atoms with Crippen molar-refractivity contribution in [3.63, 3.8) is 0 Å². The fourth-order valence-electron chi connectivity index (χ4n) is 2.77. The molecular formula is C16H22F2N2O. The number of rotatable bonds is 4. The zero-order valence-corrected chi connectivity index (χ0v) is 12.2. The van der Waals surface area contributed by atoms with Crippen LogP contribution in [0.15, 0.2) is 18.2 Å². The standard InChI is InChI=1S/C16H22F2N2O/c17-14-6-5-12(10-15(14)18)9-13(11-19)16(21)20-7-3-1-2-4-8-20/h5-6,10,13H,1-4,7-9,11,19H2. The van der Waals surface area contributed by atoms with E-state index in [0.717, 1.165) is 50.9 Å². The zero-order chi connectivity index (χ0) is 15.2. The first-order valence-corrected chi connectivity index (χ1v) is 7.54. The Labute approximate surface area is 124 Å². The van der Waals surface area contributed by atoms with Gasteiger partial charge < -0.3 is 10.6 Å². The maximum Gasteiger partial charge on any atom is 0.227 e. The predicted octanol–water partition coefficient (Wildman–Crippen LogP) is 2.48. The molecule has 0 radical (unpaired) electrons. The molecule has 0 aliphatic carbocycles. The van der Waals surface area contributed by atoms with Gasteiger partial charge in [0.1, 0.15) is 0 Å². The van der Waals surface area contributed by atoms with Gasteiger partial charge in [0.15, 0.2) is 11.6 Å². The van der Waals surface area contributed by atoms with Gasteiger partial charge in [0.2, 0.25) is 5.91 Å². The van der Waals surface area contributed by atoms with E-state index in [1.54, 1.807) is 0 Å². The third-order valence-electron chi connectivity index (χ3n) is 4.02. The van der Waals surface area contributed by atoms with Crippen molar-refractivity contribution < 1.29 is 13.6 Å². The third-order valence-corrected chi connectivity index (χ3v) is 4.02. The molecule has 5 heteroatoms. The maximum absolute atomic E-state index is 13.2. The van der Waals surface area contributed by atoms with Crippen molar-refractivity contribution in [1.29, 1.82) is 0 Å². The van der Waals surface area contributed by atoms with Crippen LogP contribution in [0.3, 0.4) is 0 Å². The van der Waals surface area contributed by atoms with E-state index >= 15 is 0 Å². The lowest BCUT2D eigenvalue weighted by atomic mass is 9.97. The Morgan fingerprint density at radius 3 is 2.38 bits per heavy atom. The Hall–Kier alpha value is -1.49. The lowest BCUT2D eigenvalue weighted by Crippen LogP contribution is -2.40. The first-order chi connectivity index (χ1) is 10.1. The van der Waals surface area contributed by atoms with Crippen molar-refractivity contribution in [2.24, 2.45) is 11.7 Å². The summed E-state index contributed by atoms with van der Waals surface area (Å²) in [6, 6.07) is 3.75. The highest BCUT2D eigenvalue weighted by atomic mass is 19.2. The van der Waals surface area contributed by atoms with Crippen molar-refractivity contribution >= 4 is 5.91 Å². The number of benzene rings is 1. The maximum atomic E-state index is 13.2. The van der Waals surface area contributed by atoms with Crippen LogP contribution < -0.4 is 5.73 Å². The minimum absolute atomic E-state index is 0.0316. The summed E-state index contributed by atoms with van der Waals surface area (Å²) < 4.78 is 26.2. The summed E-state index contributed by atoms with van der Waals surface area (Å²) in [6.07, 6.45) is 4.70. The van der Waals surface area contributed by atoms with Crippen molar-refractivity contribution in [1.82, 2.24) is 4.90 Å². The highest BCUT2D eigenvalue weighted by Gasteiger charge is 2.24. The second kappa shape index (κ2) is 7.50. The van der Waals surface area contributed by atoms with Gasteiger partial charge in [0.05, 0.1) is 5.92 Å². The van der Waals surface area contributed by atoms with Gasteiger partial charge in [-0.15, -0.1) is 0 Å². The number of nitrogens with zero attached hydrogens (tertiary/aromatic N) is 1. The van der Waals surface area contributed by atoms with Gasteiger partial charge in [-0.1, -0.05) is 18.9 Å². The summed E-state index contributed by atoms with van der Waals surface area (Å²) >= 11 is 0. The van der Waals surface area contributed by atoms with Crippen molar-refractivity contribution in [3.05, 3.63) is 35.4 Å². The van der Waals surface area contributed by atoms with E-state index < -0.39 is 11.6 Å². The molecule has 21 heavy (non-hydrogen) atoms. The SMILES string of the molecule is NCC(Cc1ccc(F)c(F)c1)C(=O)N1CCCCCC1. The summed E-state index contributed by atoms with van der Waals surface area (Å²) in [6.45, 7) is 1.76. The van der Waals surface area contributed by atoms with E-state index in [2.05, 4.69) is 0 Å². The number of likely N-dealkylation sites (tertiary alicyclic amines) is 1. The minimum atomic E-state index is -0.884. The summed E-state index contributed by atoms with van der Waals surface area (Å²) in [5.41, 5.74) is 6.32. The monoisotopic (exact) mass is 296 g/mol. The highest BCUT2D eigenvalue weighted by Crippen LogP contribution is 2.17. The molecule has 1 aliphatic rings. The van der Waals surface area contributed by atoms with E-state index in [4.69, 9.17) is 5.73 Å². The van der Waals surface area contributed by atoms with Crippen LogP contribution in [0, 0.1) is 17.6 Å². The smallest absolute Gasteiger partial charge is 0.227 e. The zero-order valence-electron chi connectivity index (χ0n) is 12.2. The van der Waals surface area contributed by atoms with E-state index in [-0.39, 0.29) is 18.4 Å². The van der Waals surface area contributed by atoms with E-state index in [1.807, 2.05) is 4.90 Å². The normalized spacial score (nSPS) is 17.4. The predicted molar refractivity (Wildman–Crippen MR) is 77.7 cm³/mol. The Morgan fingerprint density at radius 1 is 1.14 bits per heavy atom. The summed E-state index contributed by atoms with van der Waals surface area (Å²) in [7, 11) is 0. The minimum Gasteiger partial charge on any atom is -0.342 e. The number of nitrogens with two attached hydrogens (primary N) is 1. The first-order valence-electron chi connectivity index (χ1n) is 7.54. The molecule has 0 saturated carbocycles. The number of hydrogen-bond acceptors (Lipinski definition) is 2. The summed E-state index contributed by atoms with van der Waals surface area (Å²) in [5, 5.41) is 0. The largest absolute Gasteiger partial charge is 0.342 e. The molecule has 116 valence electrons. The molecule has 1 atom stereocenters. The molecule has 1 heterocycles. The van der Waals surface area contributed by atoms with Gasteiger partial charge in [0, 0.05) is 19.6 Å². The first kappa shape index (κ1) is 15.9. The molecule has 1 aromatic carbocycles. The van der Waals surface area contributed by atoms with Crippen LogP contribution in [-0.4, -0.2) is 30.4 Å². The van der Waals surface area contributed by atoms with E-state index in [9.17, 15) is 13.6 Å². The Balaban J connectivity index is 2.04. The van der Waals surface area contributed by atoms with Gasteiger partial charge in [0.25, 0.3) is 0 Å². The second-order valence-corrected chi connectivity index (χ2v) is 5.62. The molecular weight excluding hydrogens is 274 g/mol. The van der Waals surface area contributed by atoms with E-state index in [1.165, 1.54) is 6.07 Å². The number of halogens is 2. The van der Waals surface area contributed by atoms with Crippen molar-refractivity contribution in [2.45, 2.75) is 32.1 Å². The molecule has 3 nitrogen and oxygen atoms in total. The van der Waals surface area contributed by atoms with Crippen molar-refractivity contribution in [3.8, 4) is 0 Å². The molecule has 2 N–H and O–H groups in total. The van der Waals surface area contributed by atoms with Crippen LogP contribution in [-0.2, 0) is 11.2 Å².